The molecule has 0 spiro atoms. The van der Waals surface area contributed by atoms with Gasteiger partial charge in [-0.3, -0.25) is 0 Å². The monoisotopic (exact) mass is 333 g/mol. The average molecular weight is 333 g/mol. The SMILES string of the molecule is COc1ccc(CN=C(N)NCCCCC(F)(F)F)cc1OC. The molecule has 8 heteroatoms. The Hall–Kier alpha value is -2.12. The van der Waals surface area contributed by atoms with E-state index in [0.29, 0.717) is 31.0 Å². The molecule has 1 aromatic rings. The van der Waals surface area contributed by atoms with Crippen LogP contribution in [-0.4, -0.2) is 32.9 Å². The molecule has 0 aliphatic heterocycles. The fraction of sp³-hybridized carbons (Fsp3) is 0.533. The van der Waals surface area contributed by atoms with E-state index >= 15 is 0 Å². The second-order valence-corrected chi connectivity index (χ2v) is 4.89. The lowest BCUT2D eigenvalue weighted by Crippen LogP contribution is -2.32. The van der Waals surface area contributed by atoms with Crippen LogP contribution in [0.3, 0.4) is 0 Å². The molecule has 0 saturated carbocycles. The van der Waals surface area contributed by atoms with Crippen molar-refractivity contribution in [1.29, 1.82) is 0 Å². The van der Waals surface area contributed by atoms with Gasteiger partial charge < -0.3 is 20.5 Å². The summed E-state index contributed by atoms with van der Waals surface area (Å²) in [5.41, 5.74) is 6.56. The lowest BCUT2D eigenvalue weighted by molar-refractivity contribution is -0.135. The van der Waals surface area contributed by atoms with Crippen molar-refractivity contribution < 1.29 is 22.6 Å². The van der Waals surface area contributed by atoms with Gasteiger partial charge in [-0.2, -0.15) is 13.2 Å². The molecular weight excluding hydrogens is 311 g/mol. The number of halogens is 3. The number of ether oxygens (including phenoxy) is 2. The van der Waals surface area contributed by atoms with Crippen LogP contribution in [0.4, 0.5) is 13.2 Å². The fourth-order valence-corrected chi connectivity index (χ4v) is 1.88. The van der Waals surface area contributed by atoms with E-state index in [2.05, 4.69) is 10.3 Å². The standard InChI is InChI=1S/C15H22F3N3O2/c1-22-12-6-5-11(9-13(12)23-2)10-21-14(19)20-8-4-3-7-15(16,17)18/h5-6,9H,3-4,7-8,10H2,1-2H3,(H3,19,20,21). The summed E-state index contributed by atoms with van der Waals surface area (Å²) in [6, 6.07) is 5.39. The predicted octanol–water partition coefficient (Wildman–Crippen LogP) is 2.84. The van der Waals surface area contributed by atoms with E-state index in [0.717, 1.165) is 5.56 Å². The molecule has 0 atom stereocenters. The van der Waals surface area contributed by atoms with Crippen LogP contribution in [0.15, 0.2) is 23.2 Å². The molecule has 0 bridgehead atoms. The highest BCUT2D eigenvalue weighted by molar-refractivity contribution is 5.77. The Morgan fingerprint density at radius 2 is 1.87 bits per heavy atom. The number of benzene rings is 1. The van der Waals surface area contributed by atoms with E-state index < -0.39 is 12.6 Å². The molecule has 0 unspecified atom stereocenters. The maximum Gasteiger partial charge on any atom is 0.389 e. The number of guanidine groups is 1. The lowest BCUT2D eigenvalue weighted by Gasteiger charge is -2.09. The number of nitrogens with two attached hydrogens (primary N) is 1. The van der Waals surface area contributed by atoms with Crippen molar-refractivity contribution in [2.24, 2.45) is 10.7 Å². The van der Waals surface area contributed by atoms with Crippen molar-refractivity contribution in [3.63, 3.8) is 0 Å². The first-order valence-corrected chi connectivity index (χ1v) is 7.17. The molecule has 0 saturated heterocycles. The number of nitrogens with one attached hydrogen (secondary N) is 1. The molecule has 130 valence electrons. The van der Waals surface area contributed by atoms with Crippen LogP contribution >= 0.6 is 0 Å². The quantitative estimate of drug-likeness (QED) is 0.436. The van der Waals surface area contributed by atoms with Crippen LogP contribution in [-0.2, 0) is 6.54 Å². The summed E-state index contributed by atoms with van der Waals surface area (Å²) in [4.78, 5) is 4.14. The van der Waals surface area contributed by atoms with Gasteiger partial charge >= 0.3 is 6.18 Å². The van der Waals surface area contributed by atoms with Gasteiger partial charge in [0.15, 0.2) is 17.5 Å². The minimum atomic E-state index is -4.10. The van der Waals surface area contributed by atoms with Crippen molar-refractivity contribution in [3.05, 3.63) is 23.8 Å². The zero-order valence-corrected chi connectivity index (χ0v) is 13.2. The van der Waals surface area contributed by atoms with Crippen molar-refractivity contribution >= 4 is 5.96 Å². The van der Waals surface area contributed by atoms with Gasteiger partial charge in [-0.05, 0) is 30.5 Å². The van der Waals surface area contributed by atoms with E-state index in [9.17, 15) is 13.2 Å². The molecule has 1 aromatic carbocycles. The first-order valence-electron chi connectivity index (χ1n) is 7.17. The van der Waals surface area contributed by atoms with Gasteiger partial charge in [-0.25, -0.2) is 4.99 Å². The van der Waals surface area contributed by atoms with E-state index in [4.69, 9.17) is 15.2 Å². The van der Waals surface area contributed by atoms with E-state index in [-0.39, 0.29) is 12.4 Å². The normalized spacial score (nSPS) is 12.1. The summed E-state index contributed by atoms with van der Waals surface area (Å²) in [6.07, 6.45) is -4.43. The van der Waals surface area contributed by atoms with Crippen LogP contribution in [0.5, 0.6) is 11.5 Å². The second kappa shape index (κ2) is 9.12. The third kappa shape index (κ3) is 7.62. The van der Waals surface area contributed by atoms with Crippen LogP contribution in [0, 0.1) is 0 Å². The van der Waals surface area contributed by atoms with Crippen molar-refractivity contribution in [1.82, 2.24) is 5.32 Å². The Balaban J connectivity index is 2.39. The number of unbranched alkanes of at least 4 members (excludes halogenated alkanes) is 1. The zero-order valence-electron chi connectivity index (χ0n) is 13.2. The highest BCUT2D eigenvalue weighted by Crippen LogP contribution is 2.27. The van der Waals surface area contributed by atoms with E-state index in [1.54, 1.807) is 26.4 Å². The van der Waals surface area contributed by atoms with Gasteiger partial charge in [-0.15, -0.1) is 0 Å². The Kier molecular flexibility index (Phi) is 7.50. The molecule has 5 nitrogen and oxygen atoms in total. The highest BCUT2D eigenvalue weighted by Gasteiger charge is 2.25. The number of aliphatic imine (C=N–C) groups is 1. The van der Waals surface area contributed by atoms with Crippen molar-refractivity contribution in [2.45, 2.75) is 32.0 Å². The molecule has 0 aromatic heterocycles. The average Bonchev–Trinajstić information content (AvgIpc) is 2.51. The molecule has 0 heterocycles. The number of hydrogen-bond acceptors (Lipinski definition) is 3. The molecule has 1 rings (SSSR count). The minimum absolute atomic E-state index is 0.0689. The van der Waals surface area contributed by atoms with Crippen LogP contribution < -0.4 is 20.5 Å². The number of hydrogen-bond donors (Lipinski definition) is 2. The first kappa shape index (κ1) is 18.9. The summed E-state index contributed by atoms with van der Waals surface area (Å²) in [6.45, 7) is 0.694. The smallest absolute Gasteiger partial charge is 0.389 e. The molecule has 0 fully saturated rings. The van der Waals surface area contributed by atoms with Gasteiger partial charge in [0.25, 0.3) is 0 Å². The number of methoxy groups -OCH3 is 2. The summed E-state index contributed by atoms with van der Waals surface area (Å²) < 4.78 is 46.3. The molecular formula is C15H22F3N3O2. The number of nitrogens with zero attached hydrogens (tertiary/aromatic N) is 1. The fourth-order valence-electron chi connectivity index (χ4n) is 1.88. The lowest BCUT2D eigenvalue weighted by atomic mass is 10.2. The Morgan fingerprint density at radius 3 is 2.48 bits per heavy atom. The summed E-state index contributed by atoms with van der Waals surface area (Å²) in [7, 11) is 3.10. The van der Waals surface area contributed by atoms with Gasteiger partial charge in [-0.1, -0.05) is 6.07 Å². The highest BCUT2D eigenvalue weighted by atomic mass is 19.4. The second-order valence-electron chi connectivity index (χ2n) is 4.89. The first-order chi connectivity index (χ1) is 10.9. The molecule has 0 aliphatic carbocycles. The summed E-state index contributed by atoms with van der Waals surface area (Å²) in [5.74, 6) is 1.42. The topological polar surface area (TPSA) is 68.9 Å². The Labute approximate surface area is 133 Å². The minimum Gasteiger partial charge on any atom is -0.493 e. The number of rotatable bonds is 8. The van der Waals surface area contributed by atoms with E-state index in [1.165, 1.54) is 0 Å². The third-order valence-electron chi connectivity index (χ3n) is 3.07. The van der Waals surface area contributed by atoms with Crippen LogP contribution in [0.1, 0.15) is 24.8 Å². The van der Waals surface area contributed by atoms with E-state index in [1.807, 2.05) is 6.07 Å². The summed E-state index contributed by atoms with van der Waals surface area (Å²) >= 11 is 0. The largest absolute Gasteiger partial charge is 0.493 e. The predicted molar refractivity (Wildman–Crippen MR) is 82.8 cm³/mol. The Morgan fingerprint density at radius 1 is 1.17 bits per heavy atom. The van der Waals surface area contributed by atoms with Crippen LogP contribution in [0.25, 0.3) is 0 Å². The van der Waals surface area contributed by atoms with Gasteiger partial charge in [0.1, 0.15) is 0 Å². The zero-order chi connectivity index (χ0) is 17.3. The molecule has 3 N–H and O–H groups in total. The van der Waals surface area contributed by atoms with Crippen LogP contribution in [0.2, 0.25) is 0 Å². The van der Waals surface area contributed by atoms with Gasteiger partial charge in [0, 0.05) is 13.0 Å². The van der Waals surface area contributed by atoms with Crippen molar-refractivity contribution in [3.8, 4) is 11.5 Å². The molecule has 0 amide bonds. The maximum atomic E-state index is 12.0. The Bertz CT molecular complexity index is 519. The molecule has 23 heavy (non-hydrogen) atoms. The van der Waals surface area contributed by atoms with Gasteiger partial charge in [0.2, 0.25) is 0 Å². The molecule has 0 aliphatic rings. The maximum absolute atomic E-state index is 12.0. The third-order valence-corrected chi connectivity index (χ3v) is 3.07. The number of alkyl halides is 3. The van der Waals surface area contributed by atoms with Gasteiger partial charge in [0.05, 0.1) is 20.8 Å². The van der Waals surface area contributed by atoms with Crippen molar-refractivity contribution in [2.75, 3.05) is 20.8 Å². The summed E-state index contributed by atoms with van der Waals surface area (Å²) in [5, 5.41) is 2.79. The molecule has 0 radical (unpaired) electrons.